The molecular formula is C31H50N2O3S. The monoisotopic (exact) mass is 530 g/mol. The van der Waals surface area contributed by atoms with E-state index in [2.05, 4.69) is 6.92 Å². The van der Waals surface area contributed by atoms with E-state index >= 15 is 0 Å². The predicted molar refractivity (Wildman–Crippen MR) is 156 cm³/mol. The highest BCUT2D eigenvalue weighted by atomic mass is 32.2. The molecule has 0 heterocycles. The predicted octanol–water partition coefficient (Wildman–Crippen LogP) is 8.51. The van der Waals surface area contributed by atoms with E-state index in [9.17, 15) is 8.42 Å². The van der Waals surface area contributed by atoms with Crippen molar-refractivity contribution in [2.45, 2.75) is 115 Å². The Bertz CT molecular complexity index is 979. The van der Waals surface area contributed by atoms with Crippen molar-refractivity contribution in [1.29, 1.82) is 0 Å². The van der Waals surface area contributed by atoms with Gasteiger partial charge in [-0.15, -0.1) is 0 Å². The maximum Gasteiger partial charge on any atom is 0.243 e. The van der Waals surface area contributed by atoms with Crippen molar-refractivity contribution in [2.75, 3.05) is 19.4 Å². The Morgan fingerprint density at radius 3 is 1.78 bits per heavy atom. The number of benzene rings is 2. The first-order valence-electron chi connectivity index (χ1n) is 14.4. The topological polar surface area (TPSA) is 72.6 Å². The molecule has 0 aromatic heterocycles. The van der Waals surface area contributed by atoms with Gasteiger partial charge in [0.2, 0.25) is 10.0 Å². The highest BCUT2D eigenvalue weighted by Crippen LogP contribution is 2.31. The van der Waals surface area contributed by atoms with E-state index in [1.807, 2.05) is 37.3 Å². The van der Waals surface area contributed by atoms with Crippen molar-refractivity contribution in [3.05, 3.63) is 54.1 Å². The van der Waals surface area contributed by atoms with Crippen LogP contribution in [0.5, 0.6) is 5.75 Å². The number of methoxy groups -OCH3 is 1. The van der Waals surface area contributed by atoms with E-state index in [0.717, 1.165) is 24.8 Å². The van der Waals surface area contributed by atoms with Gasteiger partial charge in [-0.2, -0.15) is 4.31 Å². The molecule has 0 saturated carbocycles. The van der Waals surface area contributed by atoms with Gasteiger partial charge < -0.3 is 10.5 Å². The van der Waals surface area contributed by atoms with Crippen LogP contribution in [0.4, 0.5) is 5.69 Å². The molecule has 2 rings (SSSR count). The molecule has 37 heavy (non-hydrogen) atoms. The van der Waals surface area contributed by atoms with Gasteiger partial charge in [-0.05, 0) is 37.1 Å². The first-order valence-corrected chi connectivity index (χ1v) is 15.9. The number of sulfonamides is 1. The van der Waals surface area contributed by atoms with Gasteiger partial charge in [-0.1, -0.05) is 121 Å². The largest absolute Gasteiger partial charge is 0.495 e. The van der Waals surface area contributed by atoms with Crippen LogP contribution in [0.3, 0.4) is 0 Å². The Morgan fingerprint density at radius 1 is 0.784 bits per heavy atom. The third-order valence-electron chi connectivity index (χ3n) is 7.25. The lowest BCUT2D eigenvalue weighted by Gasteiger charge is -2.29. The molecule has 2 aromatic carbocycles. The Morgan fingerprint density at radius 2 is 1.30 bits per heavy atom. The molecule has 0 radical (unpaired) electrons. The number of rotatable bonds is 20. The molecule has 2 N–H and O–H groups in total. The standard InChI is InChI=1S/C31H50N2O3S/c1-4-5-6-7-8-9-10-11-12-13-14-15-16-20-25-33(27(2)28-21-18-17-19-22-28)37(34,35)29-23-24-31(36-3)30(32)26-29/h17-19,21-24,26-27H,4-16,20,25,32H2,1-3H3. The van der Waals surface area contributed by atoms with Gasteiger partial charge in [-0.3, -0.25) is 0 Å². The summed E-state index contributed by atoms with van der Waals surface area (Å²) in [7, 11) is -2.19. The summed E-state index contributed by atoms with van der Waals surface area (Å²) >= 11 is 0. The Balaban J connectivity index is 1.83. The van der Waals surface area contributed by atoms with Crippen molar-refractivity contribution in [1.82, 2.24) is 4.31 Å². The highest BCUT2D eigenvalue weighted by Gasteiger charge is 2.30. The summed E-state index contributed by atoms with van der Waals surface area (Å²) in [5.74, 6) is 0.480. The average molecular weight is 531 g/mol. The fourth-order valence-corrected chi connectivity index (χ4v) is 6.58. The van der Waals surface area contributed by atoms with E-state index in [4.69, 9.17) is 10.5 Å². The van der Waals surface area contributed by atoms with E-state index in [1.165, 1.54) is 83.8 Å². The minimum absolute atomic E-state index is 0.207. The smallest absolute Gasteiger partial charge is 0.243 e. The summed E-state index contributed by atoms with van der Waals surface area (Å²) in [6, 6.07) is 14.3. The van der Waals surface area contributed by atoms with Gasteiger partial charge in [0.15, 0.2) is 0 Å². The van der Waals surface area contributed by atoms with Gasteiger partial charge in [0.1, 0.15) is 5.75 Å². The quantitative estimate of drug-likeness (QED) is 0.138. The second-order valence-electron chi connectivity index (χ2n) is 10.2. The van der Waals surface area contributed by atoms with Crippen LogP contribution < -0.4 is 10.5 Å². The summed E-state index contributed by atoms with van der Waals surface area (Å²) in [5, 5.41) is 0. The van der Waals surface area contributed by atoms with Gasteiger partial charge in [-0.25, -0.2) is 8.42 Å². The Kier molecular flexibility index (Phi) is 14.7. The third kappa shape index (κ3) is 10.7. The van der Waals surface area contributed by atoms with Crippen molar-refractivity contribution in [3.63, 3.8) is 0 Å². The molecule has 0 aliphatic rings. The molecule has 208 valence electrons. The Labute approximate surface area is 226 Å². The van der Waals surface area contributed by atoms with E-state index in [-0.39, 0.29) is 10.9 Å². The zero-order valence-electron chi connectivity index (χ0n) is 23.5. The maximum absolute atomic E-state index is 13.7. The average Bonchev–Trinajstić information content (AvgIpc) is 2.91. The van der Waals surface area contributed by atoms with Crippen molar-refractivity contribution < 1.29 is 13.2 Å². The SMILES string of the molecule is CCCCCCCCCCCCCCCCN(C(C)c1ccccc1)S(=O)(=O)c1ccc(OC)c(N)c1. The molecule has 0 aliphatic heterocycles. The lowest BCUT2D eigenvalue weighted by atomic mass is 10.0. The molecule has 0 bridgehead atoms. The van der Waals surface area contributed by atoms with Gasteiger partial charge in [0.05, 0.1) is 17.7 Å². The zero-order valence-corrected chi connectivity index (χ0v) is 24.3. The number of ether oxygens (including phenoxy) is 1. The number of nitrogens with zero attached hydrogens (tertiary/aromatic N) is 1. The van der Waals surface area contributed by atoms with Gasteiger partial charge in [0.25, 0.3) is 0 Å². The number of nitrogens with two attached hydrogens (primary N) is 1. The summed E-state index contributed by atoms with van der Waals surface area (Å²) in [6.07, 6.45) is 17.8. The molecule has 6 heteroatoms. The zero-order chi connectivity index (χ0) is 26.9. The molecule has 0 saturated heterocycles. The molecule has 0 fully saturated rings. The van der Waals surface area contributed by atoms with E-state index in [0.29, 0.717) is 18.0 Å². The number of hydrogen-bond donors (Lipinski definition) is 1. The van der Waals surface area contributed by atoms with Gasteiger partial charge >= 0.3 is 0 Å². The third-order valence-corrected chi connectivity index (χ3v) is 9.22. The van der Waals surface area contributed by atoms with Gasteiger partial charge in [0, 0.05) is 12.6 Å². The fourth-order valence-electron chi connectivity index (χ4n) is 4.89. The van der Waals surface area contributed by atoms with E-state index in [1.54, 1.807) is 16.4 Å². The second kappa shape index (κ2) is 17.5. The number of nitrogen functional groups attached to an aromatic ring is 1. The minimum Gasteiger partial charge on any atom is -0.495 e. The summed E-state index contributed by atoms with van der Waals surface area (Å²) in [4.78, 5) is 0.207. The lowest BCUT2D eigenvalue weighted by molar-refractivity contribution is 0.332. The van der Waals surface area contributed by atoms with Crippen molar-refractivity contribution >= 4 is 15.7 Å². The molecule has 1 atom stereocenters. The van der Waals surface area contributed by atoms with Crippen LogP contribution in [0.25, 0.3) is 0 Å². The van der Waals surface area contributed by atoms with Crippen LogP contribution in [0, 0.1) is 0 Å². The highest BCUT2D eigenvalue weighted by molar-refractivity contribution is 7.89. The van der Waals surface area contributed by atoms with Crippen LogP contribution in [0.15, 0.2) is 53.4 Å². The van der Waals surface area contributed by atoms with Crippen LogP contribution in [0.1, 0.15) is 115 Å². The molecule has 0 spiro atoms. The molecule has 5 nitrogen and oxygen atoms in total. The van der Waals surface area contributed by atoms with E-state index < -0.39 is 10.0 Å². The van der Waals surface area contributed by atoms with Crippen LogP contribution >= 0.6 is 0 Å². The molecular weight excluding hydrogens is 480 g/mol. The van der Waals surface area contributed by atoms with Crippen LogP contribution in [-0.4, -0.2) is 26.4 Å². The lowest BCUT2D eigenvalue weighted by Crippen LogP contribution is -2.34. The minimum atomic E-state index is -3.72. The second-order valence-corrected chi connectivity index (χ2v) is 12.1. The first-order chi connectivity index (χ1) is 17.9. The fraction of sp³-hybridized carbons (Fsp3) is 0.613. The number of anilines is 1. The first kappa shape index (κ1) is 31.2. The molecule has 1 unspecified atom stereocenters. The van der Waals surface area contributed by atoms with Crippen LogP contribution in [0.2, 0.25) is 0 Å². The summed E-state index contributed by atoms with van der Waals surface area (Å²) in [6.45, 7) is 4.72. The normalized spacial score (nSPS) is 12.6. The molecule has 0 aliphatic carbocycles. The maximum atomic E-state index is 13.7. The molecule has 0 amide bonds. The summed E-state index contributed by atoms with van der Waals surface area (Å²) in [5.41, 5.74) is 7.35. The van der Waals surface area contributed by atoms with Crippen LogP contribution in [-0.2, 0) is 10.0 Å². The Hall–Kier alpha value is -2.05. The number of unbranched alkanes of at least 4 members (excludes halogenated alkanes) is 13. The van der Waals surface area contributed by atoms with Crippen molar-refractivity contribution in [3.8, 4) is 5.75 Å². The summed E-state index contributed by atoms with van der Waals surface area (Å²) < 4.78 is 34.2. The van der Waals surface area contributed by atoms with Crippen molar-refractivity contribution in [2.24, 2.45) is 0 Å². The molecule has 2 aromatic rings. The number of hydrogen-bond acceptors (Lipinski definition) is 4.